The van der Waals surface area contributed by atoms with E-state index in [2.05, 4.69) is 20.5 Å². The predicted octanol–water partition coefficient (Wildman–Crippen LogP) is 0.774. The summed E-state index contributed by atoms with van der Waals surface area (Å²) < 4.78 is 12.6. The van der Waals surface area contributed by atoms with Crippen molar-refractivity contribution in [1.82, 2.24) is 25.1 Å². The van der Waals surface area contributed by atoms with Gasteiger partial charge in [0.05, 0.1) is 12.7 Å². The van der Waals surface area contributed by atoms with E-state index in [1.54, 1.807) is 10.9 Å². The van der Waals surface area contributed by atoms with E-state index in [4.69, 9.17) is 15.0 Å². The molecule has 20 heavy (non-hydrogen) atoms. The van der Waals surface area contributed by atoms with Gasteiger partial charge < -0.3 is 15.0 Å². The molecule has 3 rings (SSSR count). The highest BCUT2D eigenvalue weighted by molar-refractivity contribution is 5.43. The molecule has 1 saturated carbocycles. The maximum absolute atomic E-state index is 5.70. The molecule has 0 radical (unpaired) electrons. The molecule has 8 nitrogen and oxygen atoms in total. The summed E-state index contributed by atoms with van der Waals surface area (Å²) in [6.45, 7) is 3.72. The molecule has 0 aromatic carbocycles. The molecule has 0 bridgehead atoms. The Kier molecular flexibility index (Phi) is 3.75. The Bertz CT molecular complexity index is 562. The number of rotatable bonds is 7. The first-order valence-corrected chi connectivity index (χ1v) is 6.87. The molecule has 0 spiro atoms. The van der Waals surface area contributed by atoms with Crippen LogP contribution in [0.15, 0.2) is 10.7 Å². The molecule has 0 aliphatic heterocycles. The van der Waals surface area contributed by atoms with Crippen molar-refractivity contribution in [2.24, 2.45) is 11.7 Å². The minimum Gasteiger partial charge on any atom is -0.370 e. The van der Waals surface area contributed by atoms with Gasteiger partial charge in [-0.25, -0.2) is 0 Å². The van der Waals surface area contributed by atoms with E-state index >= 15 is 0 Å². The van der Waals surface area contributed by atoms with E-state index in [0.29, 0.717) is 43.0 Å². The fourth-order valence-electron chi connectivity index (χ4n) is 2.09. The van der Waals surface area contributed by atoms with Gasteiger partial charge in [-0.15, -0.1) is 5.10 Å². The first kappa shape index (κ1) is 13.2. The molecule has 8 heteroatoms. The molecular formula is C12H18N6O2. The summed E-state index contributed by atoms with van der Waals surface area (Å²) in [5, 5.41) is 12.0. The molecular weight excluding hydrogens is 260 g/mol. The number of hydrogen-bond acceptors (Lipinski definition) is 7. The lowest BCUT2D eigenvalue weighted by atomic mass is 10.2. The van der Waals surface area contributed by atoms with Crippen LogP contribution in [0.5, 0.6) is 0 Å². The minimum absolute atomic E-state index is 0.0726. The summed E-state index contributed by atoms with van der Waals surface area (Å²) in [6, 6.07) is 0. The van der Waals surface area contributed by atoms with Gasteiger partial charge in [-0.2, -0.15) is 4.98 Å². The highest BCUT2D eigenvalue weighted by Crippen LogP contribution is 2.42. The van der Waals surface area contributed by atoms with Gasteiger partial charge in [0, 0.05) is 13.2 Å². The van der Waals surface area contributed by atoms with Gasteiger partial charge in [-0.1, -0.05) is 10.4 Å². The number of nitrogens with two attached hydrogens (primary N) is 1. The topological polar surface area (TPSA) is 105 Å². The van der Waals surface area contributed by atoms with E-state index in [9.17, 15) is 0 Å². The quantitative estimate of drug-likeness (QED) is 0.797. The number of hydrogen-bond donors (Lipinski definition) is 1. The van der Waals surface area contributed by atoms with Crippen molar-refractivity contribution in [3.63, 3.8) is 0 Å². The van der Waals surface area contributed by atoms with Gasteiger partial charge in [0.25, 0.3) is 5.89 Å². The van der Waals surface area contributed by atoms with Crippen molar-refractivity contribution in [3.8, 4) is 11.6 Å². The normalized spacial score (nSPS) is 16.5. The van der Waals surface area contributed by atoms with Crippen LogP contribution in [0.1, 0.15) is 31.7 Å². The summed E-state index contributed by atoms with van der Waals surface area (Å²) >= 11 is 0. The van der Waals surface area contributed by atoms with E-state index in [-0.39, 0.29) is 6.10 Å². The van der Waals surface area contributed by atoms with Gasteiger partial charge >= 0.3 is 0 Å². The van der Waals surface area contributed by atoms with Crippen LogP contribution < -0.4 is 5.73 Å². The molecule has 1 fully saturated rings. The van der Waals surface area contributed by atoms with Gasteiger partial charge in [-0.05, 0) is 25.7 Å². The van der Waals surface area contributed by atoms with Crippen LogP contribution >= 0.6 is 0 Å². The smallest absolute Gasteiger partial charge is 0.280 e. The fraction of sp³-hybridized carbons (Fsp3) is 0.667. The number of nitrogens with zero attached hydrogens (tertiary/aromatic N) is 5. The molecule has 2 aromatic rings. The molecule has 1 unspecified atom stereocenters. The Morgan fingerprint density at radius 2 is 2.40 bits per heavy atom. The van der Waals surface area contributed by atoms with Crippen molar-refractivity contribution in [3.05, 3.63) is 12.0 Å². The van der Waals surface area contributed by atoms with Crippen LogP contribution in [-0.2, 0) is 11.3 Å². The summed E-state index contributed by atoms with van der Waals surface area (Å²) in [6.07, 6.45) is 3.98. The Morgan fingerprint density at radius 3 is 3.10 bits per heavy atom. The van der Waals surface area contributed by atoms with Crippen molar-refractivity contribution in [2.75, 3.05) is 13.2 Å². The average molecular weight is 278 g/mol. The van der Waals surface area contributed by atoms with Gasteiger partial charge in [-0.3, -0.25) is 4.68 Å². The van der Waals surface area contributed by atoms with Gasteiger partial charge in [0.2, 0.25) is 5.82 Å². The Morgan fingerprint density at radius 1 is 1.55 bits per heavy atom. The second-order valence-corrected chi connectivity index (χ2v) is 4.83. The monoisotopic (exact) mass is 278 g/mol. The van der Waals surface area contributed by atoms with Crippen LogP contribution in [0.25, 0.3) is 11.6 Å². The maximum Gasteiger partial charge on any atom is 0.280 e. The second kappa shape index (κ2) is 5.68. The van der Waals surface area contributed by atoms with Crippen LogP contribution in [0.2, 0.25) is 0 Å². The zero-order valence-corrected chi connectivity index (χ0v) is 11.4. The Balaban J connectivity index is 1.77. The van der Waals surface area contributed by atoms with E-state index in [0.717, 1.165) is 12.8 Å². The number of ether oxygens (including phenoxy) is 1. The zero-order chi connectivity index (χ0) is 13.9. The SMILES string of the molecule is CCOC(c1noc(-c2cn(CCN)nn2)n1)C1CC1. The summed E-state index contributed by atoms with van der Waals surface area (Å²) in [4.78, 5) is 4.38. The first-order valence-electron chi connectivity index (χ1n) is 6.87. The lowest BCUT2D eigenvalue weighted by Gasteiger charge is -2.10. The third-order valence-electron chi connectivity index (χ3n) is 3.21. The van der Waals surface area contributed by atoms with Crippen LogP contribution in [0, 0.1) is 5.92 Å². The molecule has 2 heterocycles. The fourth-order valence-corrected chi connectivity index (χ4v) is 2.09. The lowest BCUT2D eigenvalue weighted by molar-refractivity contribution is 0.0385. The molecule has 2 N–H and O–H groups in total. The molecule has 108 valence electrons. The van der Waals surface area contributed by atoms with Gasteiger partial charge in [0.1, 0.15) is 6.10 Å². The zero-order valence-electron chi connectivity index (χ0n) is 11.4. The van der Waals surface area contributed by atoms with Crippen LogP contribution in [-0.4, -0.2) is 38.3 Å². The average Bonchev–Trinajstić information content (AvgIpc) is 2.98. The summed E-state index contributed by atoms with van der Waals surface area (Å²) in [7, 11) is 0. The predicted molar refractivity (Wildman–Crippen MR) is 69.5 cm³/mol. The summed E-state index contributed by atoms with van der Waals surface area (Å²) in [5.41, 5.74) is 6.03. The minimum atomic E-state index is -0.0726. The second-order valence-electron chi connectivity index (χ2n) is 4.83. The molecule has 0 amide bonds. The van der Waals surface area contributed by atoms with E-state index < -0.39 is 0 Å². The van der Waals surface area contributed by atoms with Crippen molar-refractivity contribution in [2.45, 2.75) is 32.4 Å². The third-order valence-corrected chi connectivity index (χ3v) is 3.21. The molecule has 1 aliphatic rings. The standard InChI is InChI=1S/C12H18N6O2/c1-2-19-10(8-3-4-8)11-14-12(20-16-11)9-7-18(6-5-13)17-15-9/h7-8,10H,2-6,13H2,1H3. The van der Waals surface area contributed by atoms with Crippen LogP contribution in [0.3, 0.4) is 0 Å². The molecule has 1 atom stereocenters. The lowest BCUT2D eigenvalue weighted by Crippen LogP contribution is -2.10. The summed E-state index contributed by atoms with van der Waals surface area (Å²) in [5.74, 6) is 1.47. The largest absolute Gasteiger partial charge is 0.370 e. The highest BCUT2D eigenvalue weighted by atomic mass is 16.5. The highest BCUT2D eigenvalue weighted by Gasteiger charge is 2.36. The Labute approximate surface area is 116 Å². The van der Waals surface area contributed by atoms with Crippen molar-refractivity contribution < 1.29 is 9.26 Å². The van der Waals surface area contributed by atoms with E-state index in [1.807, 2.05) is 6.92 Å². The van der Waals surface area contributed by atoms with Crippen molar-refractivity contribution >= 4 is 0 Å². The maximum atomic E-state index is 5.70. The first-order chi connectivity index (χ1) is 9.81. The molecule has 1 aliphatic carbocycles. The molecule has 2 aromatic heterocycles. The number of aromatic nitrogens is 5. The van der Waals surface area contributed by atoms with Crippen molar-refractivity contribution in [1.29, 1.82) is 0 Å². The third kappa shape index (κ3) is 2.70. The van der Waals surface area contributed by atoms with E-state index in [1.165, 1.54) is 0 Å². The Hall–Kier alpha value is -1.80. The molecule has 0 saturated heterocycles. The van der Waals surface area contributed by atoms with Crippen LogP contribution in [0.4, 0.5) is 0 Å². The van der Waals surface area contributed by atoms with Gasteiger partial charge in [0.15, 0.2) is 5.69 Å².